The van der Waals surface area contributed by atoms with Crippen LogP contribution in [0.5, 0.6) is 34.5 Å². The topological polar surface area (TPSA) is 150 Å². The molecule has 6 bridgehead atoms. The molecule has 5 aliphatic rings. The number of ether oxygens (including phenoxy) is 5. The Labute approximate surface area is 289 Å². The molecule has 0 saturated carbocycles. The minimum absolute atomic E-state index is 0.0154. The van der Waals surface area contributed by atoms with Crippen molar-refractivity contribution in [3.63, 3.8) is 0 Å². The molecule has 0 unspecified atom stereocenters. The molecule has 4 aromatic rings. The Kier molecular flexibility index (Phi) is 10.6. The van der Waals surface area contributed by atoms with Crippen LogP contribution in [0.1, 0.15) is 40.9 Å². The van der Waals surface area contributed by atoms with Gasteiger partial charge >= 0.3 is 0 Å². The van der Waals surface area contributed by atoms with Crippen LogP contribution in [0.4, 0.5) is 0 Å². The van der Waals surface area contributed by atoms with Crippen LogP contribution in [-0.4, -0.2) is 78.7 Å². The van der Waals surface area contributed by atoms with Crippen molar-refractivity contribution in [2.75, 3.05) is 40.5 Å². The fourth-order valence-corrected chi connectivity index (χ4v) is 5.91. The van der Waals surface area contributed by atoms with E-state index in [0.717, 1.165) is 5.69 Å². The molecule has 3 aromatic carbocycles. The summed E-state index contributed by atoms with van der Waals surface area (Å²) in [5.74, 6) is 2.19. The standard InChI is InChI=1S/C37H39N5O8/c1-46-31-11-4-25-21-33(31)49-30-6-3-26(32(22-30)47-2)23-41-36(45)37(50-29-9-7-28(8-10-29)48-20-17-40-35(25)44)13-18-42(19-14-37)34(43)12-5-27-24-38-15-16-39-27/h3-4,6-11,15-16,21-22,24H,5,12-14,17-20,23H2,1-2H3,(H,40,44)(H,41,45). The van der Waals surface area contributed by atoms with Crippen LogP contribution in [-0.2, 0) is 22.6 Å². The fourth-order valence-electron chi connectivity index (χ4n) is 5.91. The number of piperidine rings is 1. The first-order valence-corrected chi connectivity index (χ1v) is 16.4. The largest absolute Gasteiger partial charge is 0.496 e. The Bertz CT molecular complexity index is 1810. The maximum absolute atomic E-state index is 14.0. The van der Waals surface area contributed by atoms with Gasteiger partial charge in [0.05, 0.1) is 26.5 Å². The van der Waals surface area contributed by atoms with Crippen molar-refractivity contribution in [1.29, 1.82) is 0 Å². The molecule has 1 aromatic heterocycles. The maximum atomic E-state index is 14.0. The average molecular weight is 682 g/mol. The Morgan fingerprint density at radius 3 is 2.40 bits per heavy atom. The predicted octanol–water partition coefficient (Wildman–Crippen LogP) is 4.10. The lowest BCUT2D eigenvalue weighted by atomic mass is 9.89. The van der Waals surface area contributed by atoms with Crippen molar-refractivity contribution in [2.24, 2.45) is 0 Å². The van der Waals surface area contributed by atoms with E-state index in [4.69, 9.17) is 23.7 Å². The summed E-state index contributed by atoms with van der Waals surface area (Å²) >= 11 is 0. The Morgan fingerprint density at radius 2 is 1.66 bits per heavy atom. The number of aromatic nitrogens is 2. The Hall–Kier alpha value is -5.85. The molecule has 1 fully saturated rings. The number of methoxy groups -OCH3 is 2. The third kappa shape index (κ3) is 8.05. The number of benzene rings is 3. The molecule has 13 heteroatoms. The molecule has 0 atom stereocenters. The molecule has 260 valence electrons. The number of nitrogens with one attached hydrogen (secondary N) is 2. The molecule has 0 radical (unpaired) electrons. The third-order valence-electron chi connectivity index (χ3n) is 8.69. The molecule has 2 N–H and O–H groups in total. The second-order valence-corrected chi connectivity index (χ2v) is 11.9. The molecular formula is C37H39N5O8. The number of nitrogens with zero attached hydrogens (tertiary/aromatic N) is 3. The molecule has 50 heavy (non-hydrogen) atoms. The number of rotatable bonds is 5. The van der Waals surface area contributed by atoms with E-state index in [0.29, 0.717) is 84.4 Å². The number of amides is 3. The molecular weight excluding hydrogens is 642 g/mol. The first-order valence-electron chi connectivity index (χ1n) is 16.4. The van der Waals surface area contributed by atoms with Crippen molar-refractivity contribution in [1.82, 2.24) is 25.5 Å². The minimum atomic E-state index is -1.23. The molecule has 6 heterocycles. The van der Waals surface area contributed by atoms with E-state index in [9.17, 15) is 14.4 Å². The third-order valence-corrected chi connectivity index (χ3v) is 8.69. The molecule has 1 saturated heterocycles. The number of carbonyl (C=O) groups excluding carboxylic acids is 3. The lowest BCUT2D eigenvalue weighted by Crippen LogP contribution is -2.58. The van der Waals surface area contributed by atoms with Crippen LogP contribution < -0.4 is 34.3 Å². The number of aryl methyl sites for hydroxylation is 1. The predicted molar refractivity (Wildman–Crippen MR) is 182 cm³/mol. The van der Waals surface area contributed by atoms with Gasteiger partial charge in [0.2, 0.25) is 5.91 Å². The van der Waals surface area contributed by atoms with Crippen LogP contribution in [0.15, 0.2) is 79.3 Å². The van der Waals surface area contributed by atoms with Crippen molar-refractivity contribution in [3.8, 4) is 34.5 Å². The van der Waals surface area contributed by atoms with Crippen molar-refractivity contribution in [2.45, 2.75) is 37.8 Å². The normalized spacial score (nSPS) is 16.1. The minimum Gasteiger partial charge on any atom is -0.496 e. The van der Waals surface area contributed by atoms with Crippen LogP contribution in [0, 0.1) is 0 Å². The van der Waals surface area contributed by atoms with Gasteiger partial charge in [0, 0.05) is 74.7 Å². The lowest BCUT2D eigenvalue weighted by Gasteiger charge is -2.40. The van der Waals surface area contributed by atoms with E-state index >= 15 is 0 Å². The van der Waals surface area contributed by atoms with Gasteiger partial charge in [-0.1, -0.05) is 0 Å². The van der Waals surface area contributed by atoms with Crippen LogP contribution in [0.25, 0.3) is 0 Å². The van der Waals surface area contributed by atoms with E-state index in [1.54, 1.807) is 84.2 Å². The molecule has 9 rings (SSSR count). The zero-order valence-corrected chi connectivity index (χ0v) is 28.0. The van der Waals surface area contributed by atoms with Gasteiger partial charge in [0.15, 0.2) is 17.1 Å². The smallest absolute Gasteiger partial charge is 0.264 e. The van der Waals surface area contributed by atoms with Gasteiger partial charge < -0.3 is 39.2 Å². The summed E-state index contributed by atoms with van der Waals surface area (Å²) < 4.78 is 29.6. The lowest BCUT2D eigenvalue weighted by molar-refractivity contribution is -0.146. The number of carbonyl (C=O) groups is 3. The van der Waals surface area contributed by atoms with Crippen LogP contribution >= 0.6 is 0 Å². The average Bonchev–Trinajstić information content (AvgIpc) is 3.15. The van der Waals surface area contributed by atoms with Gasteiger partial charge in [0.1, 0.15) is 29.6 Å². The van der Waals surface area contributed by atoms with Gasteiger partial charge in [-0.3, -0.25) is 24.4 Å². The Morgan fingerprint density at radius 1 is 0.900 bits per heavy atom. The molecule has 3 amide bonds. The summed E-state index contributed by atoms with van der Waals surface area (Å²) in [5, 5.41) is 5.91. The highest BCUT2D eigenvalue weighted by Gasteiger charge is 2.44. The van der Waals surface area contributed by atoms with Crippen LogP contribution in [0.2, 0.25) is 0 Å². The van der Waals surface area contributed by atoms with E-state index in [1.807, 2.05) is 0 Å². The summed E-state index contributed by atoms with van der Waals surface area (Å²) in [7, 11) is 3.06. The Balaban J connectivity index is 1.23. The molecule has 0 aliphatic carbocycles. The van der Waals surface area contributed by atoms with E-state index in [1.165, 1.54) is 14.2 Å². The monoisotopic (exact) mass is 681 g/mol. The fraction of sp³-hybridized carbons (Fsp3) is 0.324. The highest BCUT2D eigenvalue weighted by Crippen LogP contribution is 2.35. The summed E-state index contributed by atoms with van der Waals surface area (Å²) in [6.45, 7) is 1.33. The quantitative estimate of drug-likeness (QED) is 0.315. The number of hydrogen-bond donors (Lipinski definition) is 2. The SMILES string of the molecule is COc1cc2ccc1CNC(=O)C1(CCN(C(=O)CCc3cnccn3)CC1)Oc1ccc(cc1)OCCNC(=O)c1ccc(OC)c(c1)O2. The van der Waals surface area contributed by atoms with E-state index < -0.39 is 5.60 Å². The zero-order chi connectivity index (χ0) is 34.9. The number of hydrogen-bond acceptors (Lipinski definition) is 10. The second kappa shape index (κ2) is 15.6. The molecule has 1 spiro atoms. The highest BCUT2D eigenvalue weighted by molar-refractivity contribution is 5.95. The van der Waals surface area contributed by atoms with Crippen LogP contribution in [0.3, 0.4) is 0 Å². The summed E-state index contributed by atoms with van der Waals surface area (Å²) in [5.41, 5.74) is 0.619. The van der Waals surface area contributed by atoms with Crippen molar-refractivity contribution in [3.05, 3.63) is 96.1 Å². The number of likely N-dealkylation sites (tertiary alicyclic amines) is 1. The van der Waals surface area contributed by atoms with Gasteiger partial charge in [-0.25, -0.2) is 0 Å². The summed E-state index contributed by atoms with van der Waals surface area (Å²) in [4.78, 5) is 50.2. The van der Waals surface area contributed by atoms with Gasteiger partial charge in [0.25, 0.3) is 11.8 Å². The highest BCUT2D eigenvalue weighted by atomic mass is 16.5. The van der Waals surface area contributed by atoms with Crippen molar-refractivity contribution >= 4 is 17.7 Å². The van der Waals surface area contributed by atoms with Gasteiger partial charge in [-0.15, -0.1) is 0 Å². The molecule has 13 nitrogen and oxygen atoms in total. The first-order chi connectivity index (χ1) is 24.4. The van der Waals surface area contributed by atoms with E-state index in [-0.39, 0.29) is 37.4 Å². The van der Waals surface area contributed by atoms with E-state index in [2.05, 4.69) is 20.6 Å². The second-order valence-electron chi connectivity index (χ2n) is 11.9. The molecule has 5 aliphatic heterocycles. The summed E-state index contributed by atoms with van der Waals surface area (Å²) in [6.07, 6.45) is 6.22. The van der Waals surface area contributed by atoms with Crippen molar-refractivity contribution < 1.29 is 38.1 Å². The summed E-state index contributed by atoms with van der Waals surface area (Å²) in [6, 6.07) is 17.2. The van der Waals surface area contributed by atoms with Gasteiger partial charge in [-0.05, 0) is 61.0 Å². The zero-order valence-electron chi connectivity index (χ0n) is 28.0. The maximum Gasteiger partial charge on any atom is 0.264 e. The van der Waals surface area contributed by atoms with Gasteiger partial charge in [-0.2, -0.15) is 0 Å². The first kappa shape index (κ1) is 34.0.